The first-order chi connectivity index (χ1) is 8.21. The monoisotopic (exact) mass is 332 g/mol. The van der Waals surface area contributed by atoms with Crippen LogP contribution in [0.5, 0.6) is 0 Å². The molecule has 0 aliphatic heterocycles. The van der Waals surface area contributed by atoms with Crippen LogP contribution in [0.2, 0.25) is 0 Å². The van der Waals surface area contributed by atoms with Crippen molar-refractivity contribution in [2.24, 2.45) is 10.8 Å². The number of allylic oxidation sites excluding steroid dienone is 8. The van der Waals surface area contributed by atoms with E-state index in [1.165, 1.54) is 11.1 Å². The molecule has 0 amide bonds. The number of hydrogen-bond donors (Lipinski definition) is 0. The topological polar surface area (TPSA) is 0 Å². The molecule has 2 rings (SSSR count). The van der Waals surface area contributed by atoms with Crippen molar-refractivity contribution in [3.63, 3.8) is 0 Å². The van der Waals surface area contributed by atoms with Gasteiger partial charge >= 0.3 is 26.2 Å². The standard InChI is InChI=1S/2C9H13.Zr/c2*1-9(2,3)8-6-4-5-7-8;/h2*4,6H,5H2,1-3H3;/q2*-1;+2. The van der Waals surface area contributed by atoms with E-state index in [4.69, 9.17) is 0 Å². The minimum Gasteiger partial charge on any atom is -0.269 e. The predicted octanol–water partition coefficient (Wildman–Crippen LogP) is 5.44. The Hall–Kier alpha value is -0.157. The third-order valence-corrected chi connectivity index (χ3v) is 3.01. The zero-order chi connectivity index (χ0) is 13.8. The molecule has 0 N–H and O–H groups in total. The molecule has 102 valence electrons. The molecule has 2 aliphatic rings. The Bertz CT molecular complexity index is 352. The van der Waals surface area contributed by atoms with Crippen LogP contribution in [0.3, 0.4) is 0 Å². The predicted molar refractivity (Wildman–Crippen MR) is 79.9 cm³/mol. The average Bonchev–Trinajstić information content (AvgIpc) is 2.91. The van der Waals surface area contributed by atoms with Crippen molar-refractivity contribution in [1.82, 2.24) is 0 Å². The molecule has 0 fully saturated rings. The Labute approximate surface area is 138 Å². The summed E-state index contributed by atoms with van der Waals surface area (Å²) >= 11 is 0. The fourth-order valence-electron chi connectivity index (χ4n) is 1.84. The molecule has 1 heteroatoms. The van der Waals surface area contributed by atoms with Crippen LogP contribution in [0.1, 0.15) is 54.4 Å². The average molecular weight is 334 g/mol. The van der Waals surface area contributed by atoms with Gasteiger partial charge in [-0.05, 0) is 10.8 Å². The van der Waals surface area contributed by atoms with Gasteiger partial charge in [0.25, 0.3) is 0 Å². The maximum absolute atomic E-state index is 3.30. The molecular formula is C18H26Zr. The number of rotatable bonds is 0. The van der Waals surface area contributed by atoms with E-state index in [-0.39, 0.29) is 26.2 Å². The molecule has 0 aromatic carbocycles. The first kappa shape index (κ1) is 18.8. The molecular weight excluding hydrogens is 307 g/mol. The van der Waals surface area contributed by atoms with Crippen molar-refractivity contribution in [3.8, 4) is 0 Å². The van der Waals surface area contributed by atoms with E-state index in [0.717, 1.165) is 12.8 Å². The summed E-state index contributed by atoms with van der Waals surface area (Å²) < 4.78 is 0. The van der Waals surface area contributed by atoms with Crippen molar-refractivity contribution in [2.75, 3.05) is 0 Å². The quantitative estimate of drug-likeness (QED) is 0.518. The van der Waals surface area contributed by atoms with Crippen LogP contribution in [0, 0.1) is 23.0 Å². The molecule has 19 heavy (non-hydrogen) atoms. The fraction of sp³-hybridized carbons (Fsp3) is 0.556. The van der Waals surface area contributed by atoms with E-state index < -0.39 is 0 Å². The maximum Gasteiger partial charge on any atom is 2.00 e. The molecule has 0 bridgehead atoms. The maximum atomic E-state index is 3.30. The van der Waals surface area contributed by atoms with Crippen molar-refractivity contribution in [2.45, 2.75) is 54.4 Å². The molecule has 0 spiro atoms. The molecule has 0 heterocycles. The van der Waals surface area contributed by atoms with Gasteiger partial charge < -0.3 is 0 Å². The van der Waals surface area contributed by atoms with Gasteiger partial charge in [0, 0.05) is 0 Å². The molecule has 0 saturated heterocycles. The molecule has 0 radical (unpaired) electrons. The molecule has 0 atom stereocenters. The van der Waals surface area contributed by atoms with Crippen molar-refractivity contribution in [1.29, 1.82) is 0 Å². The van der Waals surface area contributed by atoms with Gasteiger partial charge in [-0.3, -0.25) is 12.2 Å². The molecule has 0 aromatic heterocycles. The Morgan fingerprint density at radius 1 is 0.737 bits per heavy atom. The Balaban J connectivity index is 0.000000324. The van der Waals surface area contributed by atoms with E-state index in [1.807, 2.05) is 0 Å². The summed E-state index contributed by atoms with van der Waals surface area (Å²) in [7, 11) is 0. The zero-order valence-corrected chi connectivity index (χ0v) is 15.7. The summed E-state index contributed by atoms with van der Waals surface area (Å²) in [4.78, 5) is 0. The van der Waals surface area contributed by atoms with Crippen molar-refractivity contribution >= 4 is 0 Å². The van der Waals surface area contributed by atoms with Crippen molar-refractivity contribution in [3.05, 3.63) is 47.6 Å². The van der Waals surface area contributed by atoms with Crippen LogP contribution in [-0.4, -0.2) is 0 Å². The molecule has 0 unspecified atom stereocenters. The van der Waals surface area contributed by atoms with Crippen LogP contribution in [-0.2, 0) is 26.2 Å². The van der Waals surface area contributed by atoms with Gasteiger partial charge in [0.05, 0.1) is 0 Å². The van der Waals surface area contributed by atoms with Gasteiger partial charge in [-0.2, -0.15) is 12.2 Å². The van der Waals surface area contributed by atoms with Crippen LogP contribution >= 0.6 is 0 Å². The normalized spacial score (nSPS) is 17.4. The Morgan fingerprint density at radius 3 is 1.16 bits per heavy atom. The Morgan fingerprint density at radius 2 is 1.05 bits per heavy atom. The van der Waals surface area contributed by atoms with E-state index in [1.54, 1.807) is 0 Å². The van der Waals surface area contributed by atoms with Gasteiger partial charge in [0.15, 0.2) is 0 Å². The van der Waals surface area contributed by atoms with Crippen LogP contribution < -0.4 is 0 Å². The second-order valence-corrected chi connectivity index (χ2v) is 6.89. The summed E-state index contributed by atoms with van der Waals surface area (Å²) in [6.45, 7) is 13.3. The summed E-state index contributed by atoms with van der Waals surface area (Å²) in [5.74, 6) is 0. The van der Waals surface area contributed by atoms with Gasteiger partial charge in [-0.1, -0.05) is 41.5 Å². The fourth-order valence-corrected chi connectivity index (χ4v) is 1.84. The second-order valence-electron chi connectivity index (χ2n) is 6.89. The zero-order valence-electron chi connectivity index (χ0n) is 13.2. The SMILES string of the molecule is CC(C)(C)C1=[C-]CC=C1.CC(C)(C)C1=[C-]CC=C1.[Zr+2]. The summed E-state index contributed by atoms with van der Waals surface area (Å²) in [6.07, 6.45) is 17.3. The Kier molecular flexibility index (Phi) is 7.52. The first-order valence-corrected chi connectivity index (χ1v) is 6.77. The number of hydrogen-bond acceptors (Lipinski definition) is 0. The van der Waals surface area contributed by atoms with E-state index in [2.05, 4.69) is 78.0 Å². The van der Waals surface area contributed by atoms with E-state index in [0.29, 0.717) is 10.8 Å². The summed E-state index contributed by atoms with van der Waals surface area (Å²) in [5, 5.41) is 0. The first-order valence-electron chi connectivity index (χ1n) is 6.77. The van der Waals surface area contributed by atoms with Gasteiger partial charge in [0.2, 0.25) is 0 Å². The van der Waals surface area contributed by atoms with Crippen LogP contribution in [0.15, 0.2) is 35.5 Å². The molecule has 0 nitrogen and oxygen atoms in total. The molecule has 0 aromatic rings. The van der Waals surface area contributed by atoms with E-state index >= 15 is 0 Å². The molecule has 0 saturated carbocycles. The third kappa shape index (κ3) is 6.71. The van der Waals surface area contributed by atoms with Crippen LogP contribution in [0.25, 0.3) is 0 Å². The minimum absolute atomic E-state index is 0. The van der Waals surface area contributed by atoms with Crippen molar-refractivity contribution < 1.29 is 26.2 Å². The summed E-state index contributed by atoms with van der Waals surface area (Å²) in [6, 6.07) is 0. The van der Waals surface area contributed by atoms with Gasteiger partial charge in [0.1, 0.15) is 0 Å². The molecule has 2 aliphatic carbocycles. The third-order valence-electron chi connectivity index (χ3n) is 3.01. The smallest absolute Gasteiger partial charge is 0.269 e. The minimum atomic E-state index is 0. The van der Waals surface area contributed by atoms with Gasteiger partial charge in [-0.15, -0.1) is 12.8 Å². The van der Waals surface area contributed by atoms with Gasteiger partial charge in [-0.25, -0.2) is 23.3 Å². The van der Waals surface area contributed by atoms with Crippen LogP contribution in [0.4, 0.5) is 0 Å². The largest absolute Gasteiger partial charge is 2.00 e. The second kappa shape index (κ2) is 7.58. The summed E-state index contributed by atoms with van der Waals surface area (Å²) in [5.41, 5.74) is 3.30. The van der Waals surface area contributed by atoms with E-state index in [9.17, 15) is 0 Å².